The van der Waals surface area contributed by atoms with Crippen molar-refractivity contribution in [3.8, 4) is 34.3 Å². The predicted molar refractivity (Wildman–Crippen MR) is 103 cm³/mol. The highest BCUT2D eigenvalue weighted by molar-refractivity contribution is 5.69. The van der Waals surface area contributed by atoms with Crippen LogP contribution in [0.1, 0.15) is 5.56 Å². The number of nitrogens with zero attached hydrogens (tertiary/aromatic N) is 3. The first kappa shape index (κ1) is 18.7. The summed E-state index contributed by atoms with van der Waals surface area (Å²) in [6, 6.07) is 21.8. The Bertz CT molecular complexity index is 1140. The summed E-state index contributed by atoms with van der Waals surface area (Å²) in [7, 11) is 1.64. The first-order chi connectivity index (χ1) is 13.9. The van der Waals surface area contributed by atoms with Crippen molar-refractivity contribution in [2.45, 2.75) is 6.18 Å². The van der Waals surface area contributed by atoms with E-state index in [9.17, 15) is 13.2 Å². The van der Waals surface area contributed by atoms with Crippen molar-refractivity contribution in [1.82, 2.24) is 14.8 Å². The summed E-state index contributed by atoms with van der Waals surface area (Å²) in [5.74, 6) is 1.71. The van der Waals surface area contributed by atoms with E-state index in [4.69, 9.17) is 4.74 Å². The van der Waals surface area contributed by atoms with Crippen molar-refractivity contribution in [2.24, 2.45) is 7.05 Å². The van der Waals surface area contributed by atoms with E-state index in [1.54, 1.807) is 25.2 Å². The lowest BCUT2D eigenvalue weighted by atomic mass is 10.1. The summed E-state index contributed by atoms with van der Waals surface area (Å²) in [6.45, 7) is 0. The normalized spacial score (nSPS) is 11.4. The number of alkyl halides is 3. The summed E-state index contributed by atoms with van der Waals surface area (Å²) < 4.78 is 47.8. The Kier molecular flexibility index (Phi) is 4.80. The molecule has 0 aliphatic heterocycles. The van der Waals surface area contributed by atoms with Gasteiger partial charge in [0, 0.05) is 12.6 Å². The highest BCUT2D eigenvalue weighted by Crippen LogP contribution is 2.38. The van der Waals surface area contributed by atoms with E-state index in [-0.39, 0.29) is 11.4 Å². The van der Waals surface area contributed by atoms with Crippen LogP contribution in [-0.2, 0) is 13.2 Å². The summed E-state index contributed by atoms with van der Waals surface area (Å²) in [5, 5.41) is 8.20. The maximum Gasteiger partial charge on any atom is 0.417 e. The van der Waals surface area contributed by atoms with Gasteiger partial charge < -0.3 is 9.30 Å². The fraction of sp³-hybridized carbons (Fsp3) is 0.0909. The van der Waals surface area contributed by atoms with Crippen LogP contribution in [0.4, 0.5) is 13.2 Å². The van der Waals surface area contributed by atoms with E-state index in [0.29, 0.717) is 22.9 Å². The molecule has 0 N–H and O–H groups in total. The van der Waals surface area contributed by atoms with Crippen LogP contribution in [0.2, 0.25) is 0 Å². The van der Waals surface area contributed by atoms with Crippen molar-refractivity contribution in [3.63, 3.8) is 0 Å². The van der Waals surface area contributed by atoms with Gasteiger partial charge in [-0.15, -0.1) is 10.2 Å². The summed E-state index contributed by atoms with van der Waals surface area (Å²) in [4.78, 5) is 0. The number of rotatable bonds is 4. The van der Waals surface area contributed by atoms with Gasteiger partial charge in [0.05, 0.1) is 11.1 Å². The summed E-state index contributed by atoms with van der Waals surface area (Å²) in [6.07, 6.45) is -4.49. The van der Waals surface area contributed by atoms with E-state index < -0.39 is 11.7 Å². The molecule has 0 radical (unpaired) electrons. The molecule has 0 saturated carbocycles. The summed E-state index contributed by atoms with van der Waals surface area (Å²) in [5.41, 5.74) is -0.152. The topological polar surface area (TPSA) is 39.9 Å². The van der Waals surface area contributed by atoms with E-state index in [1.165, 1.54) is 16.7 Å². The second-order valence-corrected chi connectivity index (χ2v) is 6.36. The Balaban J connectivity index is 1.79. The molecule has 4 aromatic rings. The molecule has 4 rings (SSSR count). The minimum Gasteiger partial charge on any atom is -0.457 e. The lowest BCUT2D eigenvalue weighted by Crippen LogP contribution is -2.08. The standard InChI is InChI=1S/C22H16F3N3O/c1-28-20(16-11-5-7-13-18(16)22(23,24)25)26-27-21(28)17-12-6-8-14-19(17)29-15-9-3-2-4-10-15/h2-14H,1H3. The molecule has 0 aliphatic carbocycles. The lowest BCUT2D eigenvalue weighted by Gasteiger charge is -2.13. The molecular weight excluding hydrogens is 379 g/mol. The number of ether oxygens (including phenoxy) is 1. The quantitative estimate of drug-likeness (QED) is 0.428. The Morgan fingerprint density at radius 1 is 0.724 bits per heavy atom. The van der Waals surface area contributed by atoms with Crippen molar-refractivity contribution in [1.29, 1.82) is 0 Å². The van der Waals surface area contributed by atoms with Gasteiger partial charge in [0.2, 0.25) is 0 Å². The molecule has 4 nitrogen and oxygen atoms in total. The number of para-hydroxylation sites is 2. The molecule has 0 fully saturated rings. The van der Waals surface area contributed by atoms with Crippen LogP contribution in [0.25, 0.3) is 22.8 Å². The van der Waals surface area contributed by atoms with Crippen LogP contribution in [0.15, 0.2) is 78.9 Å². The first-order valence-electron chi connectivity index (χ1n) is 8.83. The molecule has 0 saturated heterocycles. The van der Waals surface area contributed by atoms with Crippen molar-refractivity contribution >= 4 is 0 Å². The monoisotopic (exact) mass is 395 g/mol. The van der Waals surface area contributed by atoms with Crippen LogP contribution < -0.4 is 4.74 Å². The van der Waals surface area contributed by atoms with Crippen LogP contribution in [-0.4, -0.2) is 14.8 Å². The average Bonchev–Trinajstić information content (AvgIpc) is 3.10. The number of benzene rings is 3. The molecule has 0 amide bonds. The van der Waals surface area contributed by atoms with Crippen molar-refractivity contribution in [3.05, 3.63) is 84.4 Å². The van der Waals surface area contributed by atoms with Crippen molar-refractivity contribution < 1.29 is 17.9 Å². The Hall–Kier alpha value is -3.61. The van der Waals surface area contributed by atoms with E-state index >= 15 is 0 Å². The molecule has 0 spiro atoms. The average molecular weight is 395 g/mol. The van der Waals surface area contributed by atoms with Crippen LogP contribution in [0, 0.1) is 0 Å². The van der Waals surface area contributed by atoms with Crippen LogP contribution in [0.3, 0.4) is 0 Å². The Morgan fingerprint density at radius 3 is 1.97 bits per heavy atom. The first-order valence-corrected chi connectivity index (χ1v) is 8.83. The third kappa shape index (κ3) is 3.71. The van der Waals surface area contributed by atoms with E-state index in [2.05, 4.69) is 10.2 Å². The SMILES string of the molecule is Cn1c(-c2ccccc2Oc2ccccc2)nnc1-c1ccccc1C(F)(F)F. The molecule has 0 bridgehead atoms. The molecule has 29 heavy (non-hydrogen) atoms. The highest BCUT2D eigenvalue weighted by atomic mass is 19.4. The van der Waals surface area contributed by atoms with Gasteiger partial charge in [-0.2, -0.15) is 13.2 Å². The number of halogens is 3. The Morgan fingerprint density at radius 2 is 1.28 bits per heavy atom. The number of hydrogen-bond acceptors (Lipinski definition) is 3. The molecule has 0 aliphatic rings. The molecule has 1 heterocycles. The maximum atomic E-state index is 13.4. The zero-order chi connectivity index (χ0) is 20.4. The van der Waals surface area contributed by atoms with Gasteiger partial charge >= 0.3 is 6.18 Å². The molecule has 0 atom stereocenters. The summed E-state index contributed by atoms with van der Waals surface area (Å²) >= 11 is 0. The maximum absolute atomic E-state index is 13.4. The fourth-order valence-corrected chi connectivity index (χ4v) is 3.08. The minimum atomic E-state index is -4.49. The fourth-order valence-electron chi connectivity index (χ4n) is 3.08. The Labute approximate surface area is 165 Å². The smallest absolute Gasteiger partial charge is 0.417 e. The second kappa shape index (κ2) is 7.43. The van der Waals surface area contributed by atoms with E-state index in [1.807, 2.05) is 42.5 Å². The van der Waals surface area contributed by atoms with Gasteiger partial charge in [0.25, 0.3) is 0 Å². The third-order valence-corrected chi connectivity index (χ3v) is 4.45. The third-order valence-electron chi connectivity index (χ3n) is 4.45. The van der Waals surface area contributed by atoms with Crippen LogP contribution >= 0.6 is 0 Å². The minimum absolute atomic E-state index is 0.0253. The molecule has 3 aromatic carbocycles. The molecule has 7 heteroatoms. The van der Waals surface area contributed by atoms with E-state index in [0.717, 1.165) is 6.07 Å². The lowest BCUT2D eigenvalue weighted by molar-refractivity contribution is -0.137. The van der Waals surface area contributed by atoms with Gasteiger partial charge in [-0.1, -0.05) is 48.5 Å². The van der Waals surface area contributed by atoms with Gasteiger partial charge in [0.15, 0.2) is 11.6 Å². The number of aromatic nitrogens is 3. The zero-order valence-electron chi connectivity index (χ0n) is 15.4. The van der Waals surface area contributed by atoms with Gasteiger partial charge in [-0.05, 0) is 30.3 Å². The molecular formula is C22H16F3N3O. The number of hydrogen-bond donors (Lipinski definition) is 0. The second-order valence-electron chi connectivity index (χ2n) is 6.36. The molecule has 1 aromatic heterocycles. The van der Waals surface area contributed by atoms with Gasteiger partial charge in [-0.25, -0.2) is 0 Å². The van der Waals surface area contributed by atoms with Crippen molar-refractivity contribution in [2.75, 3.05) is 0 Å². The largest absolute Gasteiger partial charge is 0.457 e. The highest BCUT2D eigenvalue weighted by Gasteiger charge is 2.34. The zero-order valence-corrected chi connectivity index (χ0v) is 15.4. The van der Waals surface area contributed by atoms with Crippen LogP contribution in [0.5, 0.6) is 11.5 Å². The molecule has 0 unspecified atom stereocenters. The predicted octanol–water partition coefficient (Wildman–Crippen LogP) is 5.96. The van der Waals surface area contributed by atoms with Gasteiger partial charge in [-0.3, -0.25) is 0 Å². The molecule has 146 valence electrons. The van der Waals surface area contributed by atoms with Gasteiger partial charge in [0.1, 0.15) is 11.5 Å².